The quantitative estimate of drug-likeness (QED) is 0.502. The molecule has 0 aliphatic rings. The van der Waals surface area contributed by atoms with Crippen molar-refractivity contribution in [3.8, 4) is 0 Å². The second-order valence-corrected chi connectivity index (χ2v) is 6.05. The van der Waals surface area contributed by atoms with Crippen LogP contribution in [0.1, 0.15) is 18.2 Å². The highest BCUT2D eigenvalue weighted by atomic mass is 16.3. The van der Waals surface area contributed by atoms with Crippen molar-refractivity contribution in [1.82, 2.24) is 24.6 Å². The summed E-state index contributed by atoms with van der Waals surface area (Å²) in [5.41, 5.74) is 3.21. The van der Waals surface area contributed by atoms with E-state index in [2.05, 4.69) is 44.4 Å². The first-order valence-electron chi connectivity index (χ1n) is 8.40. The average Bonchev–Trinajstić information content (AvgIpc) is 3.28. The Kier molecular flexibility index (Phi) is 4.07. The molecule has 0 bridgehead atoms. The zero-order valence-corrected chi connectivity index (χ0v) is 14.0. The molecular weight excluding hydrogens is 316 g/mol. The minimum Gasteiger partial charge on any atom is -0.394 e. The summed E-state index contributed by atoms with van der Waals surface area (Å²) in [6.07, 6.45) is 5.00. The third kappa shape index (κ3) is 2.94. The molecule has 7 nitrogen and oxygen atoms in total. The van der Waals surface area contributed by atoms with E-state index in [4.69, 9.17) is 0 Å². The molecule has 3 aromatic heterocycles. The fourth-order valence-electron chi connectivity index (χ4n) is 3.08. The fraction of sp³-hybridized carbons (Fsp3) is 0.278. The number of aryl methyl sites for hydroxylation is 1. The average molecular weight is 336 g/mol. The van der Waals surface area contributed by atoms with Crippen LogP contribution in [-0.2, 0) is 12.8 Å². The van der Waals surface area contributed by atoms with Gasteiger partial charge in [-0.05, 0) is 24.5 Å². The van der Waals surface area contributed by atoms with Gasteiger partial charge in [-0.2, -0.15) is 14.6 Å². The van der Waals surface area contributed by atoms with Gasteiger partial charge in [0.25, 0.3) is 5.78 Å². The van der Waals surface area contributed by atoms with Gasteiger partial charge in [-0.1, -0.05) is 25.1 Å². The molecule has 0 radical (unpaired) electrons. The van der Waals surface area contributed by atoms with Crippen LogP contribution in [0.15, 0.2) is 42.9 Å². The number of nitrogens with one attached hydrogen (secondary N) is 2. The molecule has 0 saturated heterocycles. The predicted octanol–water partition coefficient (Wildman–Crippen LogP) is 2.18. The lowest BCUT2D eigenvalue weighted by Crippen LogP contribution is -2.27. The molecule has 0 spiro atoms. The van der Waals surface area contributed by atoms with Crippen molar-refractivity contribution >= 4 is 22.5 Å². The number of anilines is 1. The van der Waals surface area contributed by atoms with Crippen LogP contribution >= 0.6 is 0 Å². The maximum absolute atomic E-state index is 9.87. The first kappa shape index (κ1) is 15.6. The number of fused-ring (bicyclic) bond motifs is 2. The molecule has 128 valence electrons. The van der Waals surface area contributed by atoms with Gasteiger partial charge in [-0.3, -0.25) is 0 Å². The largest absolute Gasteiger partial charge is 0.394 e. The lowest BCUT2D eigenvalue weighted by atomic mass is 10.1. The molecule has 3 heterocycles. The number of hydrogen-bond acceptors (Lipinski definition) is 5. The van der Waals surface area contributed by atoms with E-state index in [9.17, 15) is 5.11 Å². The molecule has 0 aliphatic carbocycles. The minimum atomic E-state index is -0.140. The van der Waals surface area contributed by atoms with E-state index in [1.54, 1.807) is 4.52 Å². The second kappa shape index (κ2) is 6.52. The standard InChI is InChI=1S/C18H20N6O/c1-2-13-8-17(24-18(23-13)20-11-21-24)22-14(10-25)7-12-9-19-16-6-4-3-5-15(12)16/h3-6,8-9,11,14,19,22,25H,2,7,10H2,1H3/t14-/m1/s1. The number of rotatable bonds is 6. The van der Waals surface area contributed by atoms with Gasteiger partial charge in [0.05, 0.1) is 12.6 Å². The fourth-order valence-corrected chi connectivity index (χ4v) is 3.08. The maximum Gasteiger partial charge on any atom is 0.254 e. The zero-order chi connectivity index (χ0) is 17.2. The molecule has 1 atom stereocenters. The number of aromatic nitrogens is 5. The van der Waals surface area contributed by atoms with Gasteiger partial charge in [-0.15, -0.1) is 0 Å². The molecule has 4 rings (SSSR count). The third-order valence-corrected chi connectivity index (χ3v) is 4.38. The summed E-state index contributed by atoms with van der Waals surface area (Å²) in [5.74, 6) is 1.35. The number of aliphatic hydroxyl groups excluding tert-OH is 1. The summed E-state index contributed by atoms with van der Waals surface area (Å²) < 4.78 is 1.66. The van der Waals surface area contributed by atoms with Crippen LogP contribution in [0.5, 0.6) is 0 Å². The van der Waals surface area contributed by atoms with Gasteiger partial charge >= 0.3 is 0 Å². The molecule has 3 N–H and O–H groups in total. The Morgan fingerprint density at radius 1 is 1.32 bits per heavy atom. The maximum atomic E-state index is 9.87. The zero-order valence-electron chi connectivity index (χ0n) is 14.0. The van der Waals surface area contributed by atoms with E-state index in [1.807, 2.05) is 24.4 Å². The van der Waals surface area contributed by atoms with Crippen LogP contribution in [-0.4, -0.2) is 42.3 Å². The summed E-state index contributed by atoms with van der Waals surface area (Å²) in [7, 11) is 0. The monoisotopic (exact) mass is 336 g/mol. The highest BCUT2D eigenvalue weighted by Crippen LogP contribution is 2.20. The van der Waals surface area contributed by atoms with Crippen LogP contribution in [0.25, 0.3) is 16.7 Å². The predicted molar refractivity (Wildman–Crippen MR) is 96.7 cm³/mol. The molecule has 0 amide bonds. The van der Waals surface area contributed by atoms with Crippen LogP contribution in [0.3, 0.4) is 0 Å². The number of H-pyrrole nitrogens is 1. The topological polar surface area (TPSA) is 91.1 Å². The smallest absolute Gasteiger partial charge is 0.254 e. The van der Waals surface area contributed by atoms with Gasteiger partial charge < -0.3 is 15.4 Å². The minimum absolute atomic E-state index is 0.0134. The van der Waals surface area contributed by atoms with E-state index in [1.165, 1.54) is 17.3 Å². The van der Waals surface area contributed by atoms with Crippen LogP contribution in [0.2, 0.25) is 0 Å². The van der Waals surface area contributed by atoms with Gasteiger partial charge in [0.2, 0.25) is 0 Å². The lowest BCUT2D eigenvalue weighted by Gasteiger charge is -2.18. The van der Waals surface area contributed by atoms with E-state index in [-0.39, 0.29) is 12.6 Å². The Morgan fingerprint density at radius 3 is 3.04 bits per heavy atom. The van der Waals surface area contributed by atoms with E-state index >= 15 is 0 Å². The Morgan fingerprint density at radius 2 is 2.20 bits per heavy atom. The van der Waals surface area contributed by atoms with Gasteiger partial charge in [0.15, 0.2) is 0 Å². The normalized spacial score (nSPS) is 12.7. The summed E-state index contributed by atoms with van der Waals surface area (Å²) in [5, 5.41) is 18.7. The van der Waals surface area contributed by atoms with Crippen molar-refractivity contribution in [3.05, 3.63) is 54.1 Å². The van der Waals surface area contributed by atoms with E-state index in [0.717, 1.165) is 23.4 Å². The van der Waals surface area contributed by atoms with Crippen LogP contribution in [0.4, 0.5) is 5.82 Å². The lowest BCUT2D eigenvalue weighted by molar-refractivity contribution is 0.273. The van der Waals surface area contributed by atoms with Gasteiger partial charge in [0.1, 0.15) is 12.1 Å². The molecular formula is C18H20N6O. The number of aromatic amines is 1. The molecule has 7 heteroatoms. The van der Waals surface area contributed by atoms with Crippen molar-refractivity contribution in [1.29, 1.82) is 0 Å². The van der Waals surface area contributed by atoms with Gasteiger partial charge in [0, 0.05) is 28.9 Å². The first-order valence-corrected chi connectivity index (χ1v) is 8.40. The number of benzene rings is 1. The molecule has 0 saturated carbocycles. The molecule has 0 aliphatic heterocycles. The van der Waals surface area contributed by atoms with E-state index in [0.29, 0.717) is 12.2 Å². The summed E-state index contributed by atoms with van der Waals surface area (Å²) in [6.45, 7) is 2.06. The first-order chi connectivity index (χ1) is 12.3. The van der Waals surface area contributed by atoms with Crippen molar-refractivity contribution in [2.45, 2.75) is 25.8 Å². The second-order valence-electron chi connectivity index (χ2n) is 6.05. The Labute approximate surface area is 144 Å². The summed E-state index contributed by atoms with van der Waals surface area (Å²) >= 11 is 0. The SMILES string of the molecule is CCc1cc(N[C@@H](CO)Cc2c[nH]c3ccccc23)n2ncnc2n1. The number of para-hydroxylation sites is 1. The Balaban J connectivity index is 1.63. The molecule has 0 fully saturated rings. The third-order valence-electron chi connectivity index (χ3n) is 4.38. The van der Waals surface area contributed by atoms with Gasteiger partial charge in [-0.25, -0.2) is 4.98 Å². The molecule has 25 heavy (non-hydrogen) atoms. The summed E-state index contributed by atoms with van der Waals surface area (Å²) in [4.78, 5) is 11.9. The van der Waals surface area contributed by atoms with Crippen molar-refractivity contribution < 1.29 is 5.11 Å². The highest BCUT2D eigenvalue weighted by Gasteiger charge is 2.15. The van der Waals surface area contributed by atoms with E-state index < -0.39 is 0 Å². The Hall–Kier alpha value is -2.93. The van der Waals surface area contributed by atoms with Crippen LogP contribution < -0.4 is 5.32 Å². The van der Waals surface area contributed by atoms with Crippen molar-refractivity contribution in [2.75, 3.05) is 11.9 Å². The number of aliphatic hydroxyl groups is 1. The summed E-state index contributed by atoms with van der Waals surface area (Å²) in [6, 6.07) is 9.99. The Bertz CT molecular complexity index is 1010. The number of hydrogen-bond donors (Lipinski definition) is 3. The molecule has 4 aromatic rings. The van der Waals surface area contributed by atoms with Crippen LogP contribution in [0, 0.1) is 0 Å². The molecule has 0 unspecified atom stereocenters. The molecule has 1 aromatic carbocycles. The van der Waals surface area contributed by atoms with Crippen molar-refractivity contribution in [3.63, 3.8) is 0 Å². The number of nitrogens with zero attached hydrogens (tertiary/aromatic N) is 4. The highest BCUT2D eigenvalue weighted by molar-refractivity contribution is 5.83. The van der Waals surface area contributed by atoms with Crippen molar-refractivity contribution in [2.24, 2.45) is 0 Å².